The lowest BCUT2D eigenvalue weighted by Crippen LogP contribution is -2.29. The highest BCUT2D eigenvalue weighted by Gasteiger charge is 2.11. The summed E-state index contributed by atoms with van der Waals surface area (Å²) in [7, 11) is 0. The topological polar surface area (TPSA) is 126 Å². The molecule has 20 heavy (non-hydrogen) atoms. The molecule has 0 heterocycles. The van der Waals surface area contributed by atoms with Crippen LogP contribution in [0.1, 0.15) is 13.3 Å². The van der Waals surface area contributed by atoms with Crippen LogP contribution in [0.4, 0.5) is 0 Å². The molecule has 0 saturated carbocycles. The van der Waals surface area contributed by atoms with Gasteiger partial charge in [-0.3, -0.25) is 4.79 Å². The van der Waals surface area contributed by atoms with Crippen molar-refractivity contribution in [2.24, 2.45) is 0 Å². The third kappa shape index (κ3) is 11.1. The fraction of sp³-hybridized carbons (Fsp3) is 0.917. The van der Waals surface area contributed by atoms with E-state index in [-0.39, 0.29) is 39.5 Å². The van der Waals surface area contributed by atoms with Gasteiger partial charge in [-0.1, -0.05) is 6.92 Å². The Balaban J connectivity index is 3.50. The SMILES string of the molecule is CCC(=O)OCC(O)COCC(O)COCC(O)CO. The Morgan fingerprint density at radius 2 is 1.35 bits per heavy atom. The minimum atomic E-state index is -0.974. The van der Waals surface area contributed by atoms with Crippen LogP contribution < -0.4 is 0 Å². The van der Waals surface area contributed by atoms with E-state index >= 15 is 0 Å². The predicted molar refractivity (Wildman–Crippen MR) is 68.0 cm³/mol. The van der Waals surface area contributed by atoms with Crippen molar-refractivity contribution in [3.8, 4) is 0 Å². The van der Waals surface area contributed by atoms with Crippen molar-refractivity contribution >= 4 is 5.97 Å². The minimum absolute atomic E-state index is 0.0576. The van der Waals surface area contributed by atoms with Gasteiger partial charge >= 0.3 is 5.97 Å². The van der Waals surface area contributed by atoms with Crippen molar-refractivity contribution in [3.63, 3.8) is 0 Å². The molecule has 0 aromatic carbocycles. The molecule has 0 rings (SSSR count). The molecule has 8 heteroatoms. The first-order chi connectivity index (χ1) is 9.49. The standard InChI is InChI=1S/C12H24O8/c1-2-12(17)20-8-11(16)7-19-6-10(15)5-18-4-9(14)3-13/h9-11,13-16H,2-8H2,1H3. The third-order valence-corrected chi connectivity index (χ3v) is 2.18. The molecule has 0 amide bonds. The summed E-state index contributed by atoms with van der Waals surface area (Å²) in [5, 5.41) is 36.4. The zero-order valence-corrected chi connectivity index (χ0v) is 11.6. The fourth-order valence-electron chi connectivity index (χ4n) is 1.12. The average Bonchev–Trinajstić information content (AvgIpc) is 2.44. The van der Waals surface area contributed by atoms with E-state index in [2.05, 4.69) is 0 Å². The van der Waals surface area contributed by atoms with E-state index < -0.39 is 30.9 Å². The Morgan fingerprint density at radius 3 is 1.80 bits per heavy atom. The van der Waals surface area contributed by atoms with Gasteiger partial charge in [0, 0.05) is 6.42 Å². The largest absolute Gasteiger partial charge is 0.463 e. The summed E-state index contributed by atoms with van der Waals surface area (Å²) in [6, 6.07) is 0. The first-order valence-corrected chi connectivity index (χ1v) is 6.45. The molecule has 0 fully saturated rings. The first-order valence-electron chi connectivity index (χ1n) is 6.45. The lowest BCUT2D eigenvalue weighted by Gasteiger charge is -2.15. The van der Waals surface area contributed by atoms with Crippen molar-refractivity contribution in [2.75, 3.05) is 39.6 Å². The summed E-state index contributed by atoms with van der Waals surface area (Å²) in [6.45, 7) is 0.814. The van der Waals surface area contributed by atoms with Gasteiger partial charge in [-0.25, -0.2) is 0 Å². The average molecular weight is 296 g/mol. The second-order valence-electron chi connectivity index (χ2n) is 4.26. The maximum Gasteiger partial charge on any atom is 0.305 e. The van der Waals surface area contributed by atoms with Gasteiger partial charge < -0.3 is 34.6 Å². The Hall–Kier alpha value is -0.770. The van der Waals surface area contributed by atoms with E-state index in [4.69, 9.17) is 24.4 Å². The summed E-state index contributed by atoms with van der Waals surface area (Å²) in [6.07, 6.45) is -2.59. The van der Waals surface area contributed by atoms with Gasteiger partial charge in [0.1, 0.15) is 24.9 Å². The van der Waals surface area contributed by atoms with Crippen molar-refractivity contribution < 1.29 is 39.4 Å². The van der Waals surface area contributed by atoms with Gasteiger partial charge in [-0.2, -0.15) is 0 Å². The predicted octanol–water partition coefficient (Wildman–Crippen LogP) is -1.95. The number of carbonyl (C=O) groups excluding carboxylic acids is 1. The highest BCUT2D eigenvalue weighted by Crippen LogP contribution is 1.94. The van der Waals surface area contributed by atoms with E-state index in [0.717, 1.165) is 0 Å². The minimum Gasteiger partial charge on any atom is -0.463 e. The van der Waals surface area contributed by atoms with Crippen LogP contribution in [-0.2, 0) is 19.0 Å². The molecule has 0 radical (unpaired) electrons. The maximum atomic E-state index is 10.8. The third-order valence-electron chi connectivity index (χ3n) is 2.18. The maximum absolute atomic E-state index is 10.8. The quantitative estimate of drug-likeness (QED) is 0.306. The summed E-state index contributed by atoms with van der Waals surface area (Å²) in [4.78, 5) is 10.8. The molecule has 3 atom stereocenters. The summed E-state index contributed by atoms with van der Waals surface area (Å²) >= 11 is 0. The monoisotopic (exact) mass is 296 g/mol. The van der Waals surface area contributed by atoms with Crippen LogP contribution in [0.3, 0.4) is 0 Å². The molecule has 0 aliphatic carbocycles. The van der Waals surface area contributed by atoms with Crippen LogP contribution in [0, 0.1) is 0 Å². The molecular formula is C12H24O8. The first kappa shape index (κ1) is 19.2. The zero-order valence-electron chi connectivity index (χ0n) is 11.6. The van der Waals surface area contributed by atoms with Gasteiger partial charge in [0.05, 0.1) is 33.0 Å². The van der Waals surface area contributed by atoms with Crippen molar-refractivity contribution in [2.45, 2.75) is 31.7 Å². The molecule has 0 saturated heterocycles. The summed E-state index contributed by atoms with van der Waals surface area (Å²) in [5.74, 6) is -0.403. The van der Waals surface area contributed by atoms with Crippen molar-refractivity contribution in [3.05, 3.63) is 0 Å². The van der Waals surface area contributed by atoms with Gasteiger partial charge in [0.15, 0.2) is 0 Å². The molecule has 3 unspecified atom stereocenters. The van der Waals surface area contributed by atoms with Gasteiger partial charge in [-0.15, -0.1) is 0 Å². The Bertz CT molecular complexity index is 248. The molecule has 0 spiro atoms. The van der Waals surface area contributed by atoms with Crippen LogP contribution in [0.2, 0.25) is 0 Å². The molecule has 120 valence electrons. The number of aliphatic hydroxyl groups excluding tert-OH is 4. The number of carbonyl (C=O) groups is 1. The number of rotatable bonds is 12. The molecule has 0 aromatic heterocycles. The molecule has 0 aliphatic rings. The molecular weight excluding hydrogens is 272 g/mol. The molecule has 0 aliphatic heterocycles. The van der Waals surface area contributed by atoms with Crippen LogP contribution in [0.5, 0.6) is 0 Å². The number of hydrogen-bond acceptors (Lipinski definition) is 8. The van der Waals surface area contributed by atoms with E-state index in [9.17, 15) is 15.0 Å². The fourth-order valence-corrected chi connectivity index (χ4v) is 1.12. The van der Waals surface area contributed by atoms with Crippen LogP contribution in [0.25, 0.3) is 0 Å². The highest BCUT2D eigenvalue weighted by atomic mass is 16.6. The van der Waals surface area contributed by atoms with E-state index in [0.29, 0.717) is 0 Å². The second kappa shape index (κ2) is 12.0. The van der Waals surface area contributed by atoms with Crippen LogP contribution in [-0.4, -0.2) is 84.3 Å². The summed E-state index contributed by atoms with van der Waals surface area (Å²) in [5.41, 5.74) is 0. The summed E-state index contributed by atoms with van der Waals surface area (Å²) < 4.78 is 14.7. The molecule has 4 N–H and O–H groups in total. The van der Waals surface area contributed by atoms with Crippen molar-refractivity contribution in [1.29, 1.82) is 0 Å². The number of esters is 1. The zero-order chi connectivity index (χ0) is 15.4. The number of aliphatic hydroxyl groups is 4. The van der Waals surface area contributed by atoms with E-state index in [1.807, 2.05) is 0 Å². The van der Waals surface area contributed by atoms with Gasteiger partial charge in [0.25, 0.3) is 0 Å². The second-order valence-corrected chi connectivity index (χ2v) is 4.26. The highest BCUT2D eigenvalue weighted by molar-refractivity contribution is 5.68. The normalized spacial score (nSPS) is 15.7. The Labute approximate surface area is 117 Å². The Kier molecular flexibility index (Phi) is 11.5. The van der Waals surface area contributed by atoms with Crippen LogP contribution >= 0.6 is 0 Å². The molecule has 0 bridgehead atoms. The van der Waals surface area contributed by atoms with Crippen molar-refractivity contribution in [1.82, 2.24) is 0 Å². The smallest absolute Gasteiger partial charge is 0.305 e. The number of hydrogen-bond donors (Lipinski definition) is 4. The lowest BCUT2D eigenvalue weighted by molar-refractivity contribution is -0.147. The van der Waals surface area contributed by atoms with Gasteiger partial charge in [-0.05, 0) is 0 Å². The van der Waals surface area contributed by atoms with E-state index in [1.165, 1.54) is 0 Å². The van der Waals surface area contributed by atoms with Gasteiger partial charge in [0.2, 0.25) is 0 Å². The molecule has 0 aromatic rings. The van der Waals surface area contributed by atoms with Crippen LogP contribution in [0.15, 0.2) is 0 Å². The Morgan fingerprint density at radius 1 is 0.900 bits per heavy atom. The van der Waals surface area contributed by atoms with E-state index in [1.54, 1.807) is 6.92 Å². The lowest BCUT2D eigenvalue weighted by atomic mass is 10.3. The number of ether oxygens (including phenoxy) is 3. The molecule has 8 nitrogen and oxygen atoms in total.